The summed E-state index contributed by atoms with van der Waals surface area (Å²) in [5.41, 5.74) is 5.96. The standard InChI is InChI=1S/C7H12ClN2P/c1-11(2,9)6-3-4-7(8)10-5-6/h3-5,11H,9H2,1-2H3. The Morgan fingerprint density at radius 3 is 2.45 bits per heavy atom. The monoisotopic (exact) mass is 190 g/mol. The van der Waals surface area contributed by atoms with Gasteiger partial charge in [-0.05, 0) is 0 Å². The van der Waals surface area contributed by atoms with Gasteiger partial charge in [-0.25, -0.2) is 0 Å². The molecular weight excluding hydrogens is 179 g/mol. The second kappa shape index (κ2) is 3.06. The van der Waals surface area contributed by atoms with Crippen molar-refractivity contribution < 1.29 is 0 Å². The zero-order valence-electron chi connectivity index (χ0n) is 6.63. The minimum atomic E-state index is -1.68. The molecule has 2 nitrogen and oxygen atoms in total. The van der Waals surface area contributed by atoms with Crippen molar-refractivity contribution in [2.45, 2.75) is 0 Å². The van der Waals surface area contributed by atoms with E-state index in [-0.39, 0.29) is 0 Å². The summed E-state index contributed by atoms with van der Waals surface area (Å²) in [5, 5.41) is 1.65. The first-order valence-corrected chi connectivity index (χ1v) is 6.86. The number of nitrogens with two attached hydrogens (primary N) is 1. The Kier molecular flexibility index (Phi) is 2.48. The molecule has 0 aromatic carbocycles. The summed E-state index contributed by atoms with van der Waals surface area (Å²) in [7, 11) is -1.68. The van der Waals surface area contributed by atoms with E-state index in [9.17, 15) is 0 Å². The summed E-state index contributed by atoms with van der Waals surface area (Å²) in [6.45, 7) is 4.13. The van der Waals surface area contributed by atoms with Crippen LogP contribution in [0.25, 0.3) is 0 Å². The fourth-order valence-electron chi connectivity index (χ4n) is 0.757. The van der Waals surface area contributed by atoms with Crippen molar-refractivity contribution in [3.63, 3.8) is 0 Å². The number of rotatable bonds is 1. The number of nitrogens with zero attached hydrogens (tertiary/aromatic N) is 1. The van der Waals surface area contributed by atoms with Gasteiger partial charge in [0.1, 0.15) is 0 Å². The number of hydrogen-bond donors (Lipinski definition) is 1. The van der Waals surface area contributed by atoms with E-state index in [1.807, 2.05) is 6.07 Å². The van der Waals surface area contributed by atoms with Crippen LogP contribution in [0.4, 0.5) is 0 Å². The van der Waals surface area contributed by atoms with Crippen molar-refractivity contribution in [1.29, 1.82) is 0 Å². The first kappa shape index (κ1) is 8.92. The second-order valence-electron chi connectivity index (χ2n) is 3.09. The van der Waals surface area contributed by atoms with E-state index in [0.717, 1.165) is 5.30 Å². The molecule has 1 aromatic rings. The number of halogens is 1. The molecule has 0 bridgehead atoms. The molecule has 0 fully saturated rings. The van der Waals surface area contributed by atoms with Crippen LogP contribution < -0.4 is 10.8 Å². The molecule has 0 spiro atoms. The third-order valence-corrected chi connectivity index (χ3v) is 3.48. The Morgan fingerprint density at radius 1 is 1.45 bits per heavy atom. The van der Waals surface area contributed by atoms with Crippen molar-refractivity contribution in [1.82, 2.24) is 4.98 Å². The molecule has 4 heteroatoms. The molecular formula is C7H12ClN2P. The average molecular weight is 191 g/mol. The van der Waals surface area contributed by atoms with Crippen LogP contribution in [-0.2, 0) is 0 Å². The molecule has 0 saturated heterocycles. The van der Waals surface area contributed by atoms with E-state index in [1.165, 1.54) is 0 Å². The normalized spacial score (nSPS) is 13.1. The van der Waals surface area contributed by atoms with Crippen LogP contribution in [0.5, 0.6) is 0 Å². The molecule has 1 heterocycles. The van der Waals surface area contributed by atoms with E-state index in [4.69, 9.17) is 17.1 Å². The summed E-state index contributed by atoms with van der Waals surface area (Å²) in [5.74, 6) is 0. The van der Waals surface area contributed by atoms with E-state index in [0.29, 0.717) is 5.15 Å². The van der Waals surface area contributed by atoms with Crippen molar-refractivity contribution in [2.24, 2.45) is 5.50 Å². The number of hydrogen-bond acceptors (Lipinski definition) is 2. The van der Waals surface area contributed by atoms with E-state index in [2.05, 4.69) is 18.3 Å². The number of aromatic nitrogens is 1. The molecule has 0 unspecified atom stereocenters. The molecule has 0 aliphatic carbocycles. The van der Waals surface area contributed by atoms with Gasteiger partial charge in [0.2, 0.25) is 0 Å². The van der Waals surface area contributed by atoms with Gasteiger partial charge in [-0.15, -0.1) is 0 Å². The molecule has 2 N–H and O–H groups in total. The fraction of sp³-hybridized carbons (Fsp3) is 0.286. The summed E-state index contributed by atoms with van der Waals surface area (Å²) in [6, 6.07) is 3.72. The third-order valence-electron chi connectivity index (χ3n) is 1.47. The topological polar surface area (TPSA) is 38.9 Å². The van der Waals surface area contributed by atoms with Crippen LogP contribution >= 0.6 is 19.0 Å². The van der Waals surface area contributed by atoms with E-state index < -0.39 is 7.41 Å². The molecule has 0 aliphatic heterocycles. The van der Waals surface area contributed by atoms with Gasteiger partial charge in [0.15, 0.2) is 0 Å². The quantitative estimate of drug-likeness (QED) is 0.535. The number of pyridine rings is 1. The van der Waals surface area contributed by atoms with Gasteiger partial charge >= 0.3 is 71.6 Å². The molecule has 0 atom stereocenters. The minimum absolute atomic E-state index is 0.520. The van der Waals surface area contributed by atoms with Gasteiger partial charge in [0.25, 0.3) is 0 Å². The maximum atomic E-state index is 5.96. The Morgan fingerprint density at radius 2 is 2.09 bits per heavy atom. The zero-order chi connectivity index (χ0) is 8.48. The van der Waals surface area contributed by atoms with Crippen LogP contribution in [0.1, 0.15) is 0 Å². The van der Waals surface area contributed by atoms with Crippen molar-refractivity contribution >= 4 is 24.3 Å². The Balaban J connectivity index is 2.99. The summed E-state index contributed by atoms with van der Waals surface area (Å²) in [4.78, 5) is 3.97. The predicted octanol–water partition coefficient (Wildman–Crippen LogP) is 1.24. The molecule has 11 heavy (non-hydrogen) atoms. The van der Waals surface area contributed by atoms with Crippen LogP contribution in [0, 0.1) is 0 Å². The van der Waals surface area contributed by atoms with E-state index in [1.54, 1.807) is 12.3 Å². The predicted molar refractivity (Wildman–Crippen MR) is 53.2 cm³/mol. The van der Waals surface area contributed by atoms with E-state index >= 15 is 0 Å². The van der Waals surface area contributed by atoms with Crippen LogP contribution in [0.2, 0.25) is 5.15 Å². The SMILES string of the molecule is C[PH](C)(N)c1ccc(Cl)nc1. The van der Waals surface area contributed by atoms with Gasteiger partial charge in [0, 0.05) is 0 Å². The molecule has 0 saturated carbocycles. The van der Waals surface area contributed by atoms with Crippen LogP contribution in [0.15, 0.2) is 18.3 Å². The summed E-state index contributed by atoms with van der Waals surface area (Å²) < 4.78 is 0. The van der Waals surface area contributed by atoms with Crippen molar-refractivity contribution in [2.75, 3.05) is 13.3 Å². The average Bonchev–Trinajstić information content (AvgIpc) is 1.86. The molecule has 1 aromatic heterocycles. The Labute approximate surface area is 72.2 Å². The van der Waals surface area contributed by atoms with Gasteiger partial charge in [0.05, 0.1) is 0 Å². The summed E-state index contributed by atoms with van der Waals surface area (Å²) >= 11 is 5.63. The Hall–Kier alpha value is -0.170. The van der Waals surface area contributed by atoms with Crippen molar-refractivity contribution in [3.8, 4) is 0 Å². The third kappa shape index (κ3) is 2.41. The first-order valence-electron chi connectivity index (χ1n) is 3.41. The second-order valence-corrected chi connectivity index (χ2v) is 7.50. The molecule has 0 radical (unpaired) electrons. The van der Waals surface area contributed by atoms with Gasteiger partial charge in [-0.2, -0.15) is 0 Å². The molecule has 1 rings (SSSR count). The molecule has 62 valence electrons. The van der Waals surface area contributed by atoms with Gasteiger partial charge < -0.3 is 0 Å². The first-order chi connectivity index (χ1) is 5.00. The van der Waals surface area contributed by atoms with Crippen LogP contribution in [0.3, 0.4) is 0 Å². The Bertz CT molecular complexity index is 240. The molecule has 0 amide bonds. The summed E-state index contributed by atoms with van der Waals surface area (Å²) in [6.07, 6.45) is 1.76. The van der Waals surface area contributed by atoms with Gasteiger partial charge in [-0.1, -0.05) is 0 Å². The zero-order valence-corrected chi connectivity index (χ0v) is 8.39. The van der Waals surface area contributed by atoms with Gasteiger partial charge in [-0.3, -0.25) is 0 Å². The fourth-order valence-corrected chi connectivity index (χ4v) is 1.78. The molecule has 0 aliphatic rings. The maximum absolute atomic E-state index is 5.96. The van der Waals surface area contributed by atoms with Crippen LogP contribution in [-0.4, -0.2) is 18.3 Å². The van der Waals surface area contributed by atoms with Crippen molar-refractivity contribution in [3.05, 3.63) is 23.5 Å².